The van der Waals surface area contributed by atoms with Gasteiger partial charge in [0.1, 0.15) is 11.4 Å². The van der Waals surface area contributed by atoms with Crippen molar-refractivity contribution in [1.82, 2.24) is 9.78 Å². The molecule has 0 spiro atoms. The zero-order chi connectivity index (χ0) is 20.4. The van der Waals surface area contributed by atoms with Crippen LogP contribution in [0, 0.1) is 0 Å². The third-order valence-corrected chi connectivity index (χ3v) is 4.90. The van der Waals surface area contributed by atoms with Gasteiger partial charge in [-0.05, 0) is 25.3 Å². The second-order valence-electron chi connectivity index (χ2n) is 6.79. The van der Waals surface area contributed by atoms with Crippen molar-refractivity contribution in [2.24, 2.45) is 0 Å². The molecule has 0 atom stereocenters. The summed E-state index contributed by atoms with van der Waals surface area (Å²) < 4.78 is 1.39. The average molecular weight is 383 g/mol. The highest BCUT2D eigenvalue weighted by molar-refractivity contribution is 6.06. The van der Waals surface area contributed by atoms with Crippen LogP contribution < -0.4 is 10.9 Å². The quantitative estimate of drug-likeness (QED) is 0.491. The van der Waals surface area contributed by atoms with E-state index in [0.717, 1.165) is 22.0 Å². The van der Waals surface area contributed by atoms with E-state index in [1.165, 1.54) is 11.6 Å². The monoisotopic (exact) mass is 383 g/mol. The molecule has 0 bridgehead atoms. The minimum atomic E-state index is -0.315. The summed E-state index contributed by atoms with van der Waals surface area (Å²) in [4.78, 5) is 25.8. The minimum Gasteiger partial charge on any atom is -0.350 e. The van der Waals surface area contributed by atoms with Crippen molar-refractivity contribution in [2.45, 2.75) is 20.4 Å². The summed E-state index contributed by atoms with van der Waals surface area (Å²) in [5, 5.41) is 9.77. The number of hydrogen-bond acceptors (Lipinski definition) is 4. The molecule has 144 valence electrons. The van der Waals surface area contributed by atoms with Crippen LogP contribution in [-0.2, 0) is 6.54 Å². The SMILES string of the molecule is CCn1nc(-c2ccccc2)c(C(C)=O)c(Nc2cccc3ccccc23)c1=O. The molecule has 5 heteroatoms. The minimum absolute atomic E-state index is 0.209. The molecule has 4 aromatic rings. The second-order valence-corrected chi connectivity index (χ2v) is 6.79. The molecule has 0 fully saturated rings. The number of ketones is 1. The van der Waals surface area contributed by atoms with Gasteiger partial charge in [-0.25, -0.2) is 4.68 Å². The maximum absolute atomic E-state index is 13.1. The highest BCUT2D eigenvalue weighted by Crippen LogP contribution is 2.30. The summed E-state index contributed by atoms with van der Waals surface area (Å²) in [6.45, 7) is 3.73. The summed E-state index contributed by atoms with van der Waals surface area (Å²) in [6.07, 6.45) is 0. The summed E-state index contributed by atoms with van der Waals surface area (Å²) >= 11 is 0. The number of anilines is 2. The van der Waals surface area contributed by atoms with Gasteiger partial charge in [-0.2, -0.15) is 5.10 Å². The second kappa shape index (κ2) is 7.72. The Bertz CT molecular complexity index is 1260. The lowest BCUT2D eigenvalue weighted by Crippen LogP contribution is -2.28. The van der Waals surface area contributed by atoms with Crippen LogP contribution in [0.2, 0.25) is 0 Å². The number of aromatic nitrogens is 2. The van der Waals surface area contributed by atoms with E-state index >= 15 is 0 Å². The Balaban J connectivity index is 1.99. The molecular weight excluding hydrogens is 362 g/mol. The predicted octanol–water partition coefficient (Wildman–Crippen LogP) is 5.03. The van der Waals surface area contributed by atoms with E-state index < -0.39 is 0 Å². The van der Waals surface area contributed by atoms with E-state index in [9.17, 15) is 9.59 Å². The van der Waals surface area contributed by atoms with Gasteiger partial charge in [0.05, 0.1) is 5.56 Å². The number of nitrogens with zero attached hydrogens (tertiary/aromatic N) is 2. The van der Waals surface area contributed by atoms with Gasteiger partial charge >= 0.3 is 0 Å². The number of Topliss-reactive ketones (excluding diaryl/α,β-unsaturated/α-hetero) is 1. The van der Waals surface area contributed by atoms with Gasteiger partial charge in [0.25, 0.3) is 5.56 Å². The smallest absolute Gasteiger partial charge is 0.291 e. The highest BCUT2D eigenvalue weighted by atomic mass is 16.1. The number of benzene rings is 3. The van der Waals surface area contributed by atoms with Crippen LogP contribution in [0.25, 0.3) is 22.0 Å². The lowest BCUT2D eigenvalue weighted by molar-refractivity contribution is 0.101. The van der Waals surface area contributed by atoms with Gasteiger partial charge < -0.3 is 5.32 Å². The Labute approximate surface area is 168 Å². The van der Waals surface area contributed by atoms with Crippen LogP contribution in [0.3, 0.4) is 0 Å². The van der Waals surface area contributed by atoms with E-state index in [4.69, 9.17) is 0 Å². The summed E-state index contributed by atoms with van der Waals surface area (Å²) in [5.74, 6) is -0.209. The molecule has 0 aliphatic carbocycles. The molecule has 0 radical (unpaired) electrons. The van der Waals surface area contributed by atoms with Crippen LogP contribution in [0.5, 0.6) is 0 Å². The van der Waals surface area contributed by atoms with E-state index in [0.29, 0.717) is 17.8 Å². The van der Waals surface area contributed by atoms with Crippen molar-refractivity contribution in [1.29, 1.82) is 0 Å². The molecule has 3 aromatic carbocycles. The van der Waals surface area contributed by atoms with Crippen molar-refractivity contribution in [2.75, 3.05) is 5.32 Å². The molecular formula is C24H21N3O2. The van der Waals surface area contributed by atoms with Crippen molar-refractivity contribution in [3.63, 3.8) is 0 Å². The normalized spacial score (nSPS) is 10.8. The van der Waals surface area contributed by atoms with Gasteiger partial charge in [0, 0.05) is 23.2 Å². The van der Waals surface area contributed by atoms with Crippen LogP contribution >= 0.6 is 0 Å². The first kappa shape index (κ1) is 18.6. The molecule has 0 saturated carbocycles. The molecule has 0 saturated heterocycles. The number of hydrogen-bond donors (Lipinski definition) is 1. The first-order chi connectivity index (χ1) is 14.1. The lowest BCUT2D eigenvalue weighted by Gasteiger charge is -2.17. The number of rotatable bonds is 5. The van der Waals surface area contributed by atoms with Gasteiger partial charge in [-0.1, -0.05) is 66.7 Å². The fourth-order valence-electron chi connectivity index (χ4n) is 3.51. The topological polar surface area (TPSA) is 64.0 Å². The number of carbonyl (C=O) groups excluding carboxylic acids is 1. The van der Waals surface area contributed by atoms with Crippen molar-refractivity contribution in [3.05, 3.63) is 88.7 Å². The number of nitrogens with one attached hydrogen (secondary N) is 1. The van der Waals surface area contributed by atoms with E-state index in [1.807, 2.05) is 79.7 Å². The first-order valence-corrected chi connectivity index (χ1v) is 9.56. The molecule has 4 rings (SSSR count). The molecule has 1 N–H and O–H groups in total. The number of aryl methyl sites for hydroxylation is 1. The maximum Gasteiger partial charge on any atom is 0.291 e. The van der Waals surface area contributed by atoms with Crippen LogP contribution in [0.4, 0.5) is 11.4 Å². The molecule has 1 aromatic heterocycles. The van der Waals surface area contributed by atoms with Crippen molar-refractivity contribution in [3.8, 4) is 11.3 Å². The predicted molar refractivity (Wildman–Crippen MR) is 117 cm³/mol. The van der Waals surface area contributed by atoms with Crippen LogP contribution in [-0.4, -0.2) is 15.6 Å². The van der Waals surface area contributed by atoms with E-state index in [-0.39, 0.29) is 17.0 Å². The molecule has 0 unspecified atom stereocenters. The molecule has 0 aliphatic heterocycles. The first-order valence-electron chi connectivity index (χ1n) is 9.56. The molecule has 0 amide bonds. The highest BCUT2D eigenvalue weighted by Gasteiger charge is 2.22. The molecule has 1 heterocycles. The maximum atomic E-state index is 13.1. The van der Waals surface area contributed by atoms with Gasteiger partial charge in [-0.3, -0.25) is 9.59 Å². The van der Waals surface area contributed by atoms with Gasteiger partial charge in [0.2, 0.25) is 0 Å². The van der Waals surface area contributed by atoms with E-state index in [1.54, 1.807) is 0 Å². The summed E-state index contributed by atoms with van der Waals surface area (Å²) in [6, 6.07) is 23.2. The summed E-state index contributed by atoms with van der Waals surface area (Å²) in [7, 11) is 0. The van der Waals surface area contributed by atoms with E-state index in [2.05, 4.69) is 10.4 Å². The summed E-state index contributed by atoms with van der Waals surface area (Å²) in [5.41, 5.74) is 2.31. The largest absolute Gasteiger partial charge is 0.350 e. The number of carbonyl (C=O) groups is 1. The van der Waals surface area contributed by atoms with Gasteiger partial charge in [0.15, 0.2) is 5.78 Å². The standard InChI is InChI=1S/C24H21N3O2/c1-3-27-24(29)23(25-20-15-9-13-17-10-7-8-14-19(17)20)21(16(2)28)22(26-27)18-11-5-4-6-12-18/h4-15,25H,3H2,1-2H3. The lowest BCUT2D eigenvalue weighted by atomic mass is 10.0. The fourth-order valence-corrected chi connectivity index (χ4v) is 3.51. The Morgan fingerprint density at radius 1 is 0.966 bits per heavy atom. The Hall–Kier alpha value is -3.73. The zero-order valence-corrected chi connectivity index (χ0v) is 16.3. The fraction of sp³-hybridized carbons (Fsp3) is 0.125. The van der Waals surface area contributed by atoms with Crippen LogP contribution in [0.1, 0.15) is 24.2 Å². The van der Waals surface area contributed by atoms with Gasteiger partial charge in [-0.15, -0.1) is 0 Å². The Morgan fingerprint density at radius 2 is 1.66 bits per heavy atom. The Kier molecular flexibility index (Phi) is 4.96. The van der Waals surface area contributed by atoms with Crippen LogP contribution in [0.15, 0.2) is 77.6 Å². The van der Waals surface area contributed by atoms with Crippen molar-refractivity contribution >= 4 is 27.9 Å². The molecule has 29 heavy (non-hydrogen) atoms. The van der Waals surface area contributed by atoms with Crippen molar-refractivity contribution < 1.29 is 4.79 Å². The molecule has 5 nitrogen and oxygen atoms in total. The third-order valence-electron chi connectivity index (χ3n) is 4.90. The molecule has 0 aliphatic rings. The Morgan fingerprint density at radius 3 is 2.38 bits per heavy atom. The number of fused-ring (bicyclic) bond motifs is 1. The average Bonchev–Trinajstić information content (AvgIpc) is 2.75. The zero-order valence-electron chi connectivity index (χ0n) is 16.3. The third kappa shape index (κ3) is 3.43.